The van der Waals surface area contributed by atoms with Crippen LogP contribution < -0.4 is 71.6 Å². The number of rotatable bonds is 47. The molecule has 1 N–H and O–H groups in total. The second-order valence-corrected chi connectivity index (χ2v) is 38.9. The Hall–Kier alpha value is -15.1. The van der Waals surface area contributed by atoms with Gasteiger partial charge in [-0.25, -0.2) is 0 Å². The van der Waals surface area contributed by atoms with E-state index in [1.165, 1.54) is 0 Å². The summed E-state index contributed by atoms with van der Waals surface area (Å²) in [5, 5.41) is 3.90. The van der Waals surface area contributed by atoms with Gasteiger partial charge in [0.05, 0.1) is 0 Å². The van der Waals surface area contributed by atoms with Crippen molar-refractivity contribution in [3.8, 4) is 80.5 Å². The molecule has 17 rings (SSSR count). The van der Waals surface area contributed by atoms with Gasteiger partial charge in [-0.15, -0.1) is 0 Å². The van der Waals surface area contributed by atoms with Gasteiger partial charge in [0.25, 0.3) is 0 Å². The average molecular weight is 1810 g/mol. The summed E-state index contributed by atoms with van der Waals surface area (Å²) in [7, 11) is -2.37. The van der Waals surface area contributed by atoms with Crippen molar-refractivity contribution in [1.82, 2.24) is 5.32 Å². The zero-order valence-corrected chi connectivity index (χ0v) is 77.3. The predicted molar refractivity (Wildman–Crippen MR) is 530 cm³/mol. The highest BCUT2D eigenvalue weighted by atomic mass is 28.4. The highest BCUT2D eigenvalue weighted by Gasteiger charge is 2.47. The van der Waals surface area contributed by atoms with E-state index < -0.39 is 13.9 Å². The molecule has 1 fully saturated rings. The van der Waals surface area contributed by atoms with Crippen molar-refractivity contribution in [2.75, 3.05) is 6.54 Å². The molecule has 1 heterocycles. The number of ether oxygens (including phenoxy) is 14. The van der Waals surface area contributed by atoms with Crippen molar-refractivity contribution in [3.05, 3.63) is 489 Å². The highest BCUT2D eigenvalue weighted by Crippen LogP contribution is 2.45. The fourth-order valence-electron chi connectivity index (χ4n) is 16.1. The quantitative estimate of drug-likeness (QED) is 0.0360. The smallest absolute Gasteiger partial charge is 0.185 e. The van der Waals surface area contributed by atoms with Gasteiger partial charge in [0, 0.05) is 42.4 Å². The maximum atomic E-state index is 7.67. The lowest BCUT2D eigenvalue weighted by Crippen LogP contribution is -2.53. The first-order chi connectivity index (χ1) is 66.3. The first kappa shape index (κ1) is 91.7. The Morgan fingerprint density at radius 2 is 0.363 bits per heavy atom. The van der Waals surface area contributed by atoms with Crippen LogP contribution in [0.3, 0.4) is 0 Å². The second-order valence-electron chi connectivity index (χ2n) is 34.5. The SMILES string of the molecule is C[Si](C)(C)OC(c1ccc(OCc2cc(OCc3cc(OCc4ccccc4)cc(OCc4ccccc4)c3)cc(OCc3cc(OCc4ccccc4)cc(OCc4ccccc4)c3)c2)cc1)(c1ccc(OCc2cc(OCc3cc(OCc4ccccc4)cc(OCc4ccccc4)c3)cc(OCc3cc(OCc4ccccc4)cc(OCc4ccccc4)c3)c2)cc1)[C@@H]1CCCN1. The molecule has 0 unspecified atom stereocenters. The van der Waals surface area contributed by atoms with Crippen molar-refractivity contribution in [3.63, 3.8) is 0 Å². The summed E-state index contributed by atoms with van der Waals surface area (Å²) >= 11 is 0. The van der Waals surface area contributed by atoms with Crippen LogP contribution in [-0.2, 0) is 103 Å². The summed E-state index contributed by atoms with van der Waals surface area (Å²) in [6.07, 6.45) is 1.89. The van der Waals surface area contributed by atoms with Gasteiger partial charge in [0.15, 0.2) is 8.32 Å². The van der Waals surface area contributed by atoms with Crippen molar-refractivity contribution in [1.29, 1.82) is 0 Å². The first-order valence-corrected chi connectivity index (χ1v) is 49.3. The summed E-state index contributed by atoms with van der Waals surface area (Å²) < 4.78 is 100. The molecular weight excluding hydrogens is 1700 g/mol. The van der Waals surface area contributed by atoms with E-state index in [-0.39, 0.29) is 45.7 Å². The van der Waals surface area contributed by atoms with Gasteiger partial charge in [0.2, 0.25) is 0 Å². The Bertz CT molecular complexity index is 5450. The van der Waals surface area contributed by atoms with Crippen LogP contribution in [0.1, 0.15) is 102 Å². The lowest BCUT2D eigenvalue weighted by molar-refractivity contribution is 0.0638. The third-order valence-corrected chi connectivity index (χ3v) is 23.6. The van der Waals surface area contributed by atoms with Gasteiger partial charge in [-0.2, -0.15) is 0 Å². The second kappa shape index (κ2) is 46.3. The topological polar surface area (TPSA) is 150 Å². The molecule has 1 aliphatic heterocycles. The van der Waals surface area contributed by atoms with Gasteiger partial charge >= 0.3 is 0 Å². The zero-order chi connectivity index (χ0) is 91.9. The first-order valence-electron chi connectivity index (χ1n) is 45.9. The van der Waals surface area contributed by atoms with Crippen LogP contribution in [0.25, 0.3) is 0 Å². The van der Waals surface area contributed by atoms with Gasteiger partial charge in [-0.3, -0.25) is 0 Å². The Morgan fingerprint density at radius 3 is 0.519 bits per heavy atom. The van der Waals surface area contributed by atoms with Crippen LogP contribution in [-0.4, -0.2) is 20.9 Å². The van der Waals surface area contributed by atoms with Gasteiger partial charge in [-0.05, 0) is 225 Å². The fraction of sp³-hybridized carbons (Fsp3) is 0.186. The van der Waals surface area contributed by atoms with Gasteiger partial charge in [0.1, 0.15) is 179 Å². The molecule has 682 valence electrons. The fourth-order valence-corrected chi connectivity index (χ4v) is 17.4. The minimum atomic E-state index is -2.37. The molecule has 16 aromatic rings. The molecule has 0 saturated carbocycles. The summed E-state index contributed by atoms with van der Waals surface area (Å²) in [6, 6.07) is 133. The van der Waals surface area contributed by atoms with Crippen LogP contribution in [0.2, 0.25) is 19.6 Å². The molecule has 0 spiro atoms. The molecule has 0 aliphatic carbocycles. The van der Waals surface area contributed by atoms with Crippen molar-refractivity contribution < 1.29 is 70.7 Å². The standard InChI is InChI=1S/C118H111NO15Si/c1-135(2,3)134-118(117-45-28-54-119-117,101-46-50-103(51-47-101)120-81-95-55-113(130-83-97-59-105(122-73-87-29-12-4-13-30-87)67-106(60-97)123-74-88-31-14-5-15-32-88)71-114(56-95)131-84-98-61-107(124-75-89-33-16-6-17-34-89)68-108(62-98)125-76-90-35-18-7-19-36-90)102-48-52-104(53-49-102)121-82-96-57-115(132-85-99-63-109(126-77-91-37-20-8-21-38-91)69-110(64-99)127-78-92-39-22-9-23-40-92)72-116(58-96)133-86-100-65-111(128-79-93-41-24-10-25-42-93)70-112(66-100)129-80-94-43-26-11-27-44-94/h4-27,29-44,46-53,55-72,117,119H,28,45,54,73-86H2,1-3H3/t117-/m0/s1. The van der Waals surface area contributed by atoms with Crippen LogP contribution in [0.5, 0.6) is 80.5 Å². The molecule has 0 aromatic heterocycles. The Morgan fingerprint density at radius 1 is 0.200 bits per heavy atom. The van der Waals surface area contributed by atoms with Crippen LogP contribution in [0.15, 0.2) is 400 Å². The monoisotopic (exact) mass is 1810 g/mol. The van der Waals surface area contributed by atoms with E-state index in [0.29, 0.717) is 133 Å². The largest absolute Gasteiger partial charge is 0.489 e. The third kappa shape index (κ3) is 27.7. The maximum absolute atomic E-state index is 7.67. The van der Waals surface area contributed by atoms with Crippen molar-refractivity contribution >= 4 is 8.32 Å². The molecule has 17 heteroatoms. The lowest BCUT2D eigenvalue weighted by atomic mass is 9.79. The Kier molecular flexibility index (Phi) is 31.5. The molecule has 1 saturated heterocycles. The summed E-state index contributed by atoms with van der Waals surface area (Å²) in [6.45, 7) is 11.8. The molecule has 16 nitrogen and oxygen atoms in total. The van der Waals surface area contributed by atoms with Crippen molar-refractivity contribution in [2.24, 2.45) is 0 Å². The zero-order valence-electron chi connectivity index (χ0n) is 76.3. The molecule has 1 aliphatic rings. The molecular formula is C118H111NO15Si. The van der Waals surface area contributed by atoms with Crippen LogP contribution in [0.4, 0.5) is 0 Å². The summed E-state index contributed by atoms with van der Waals surface area (Å²) in [4.78, 5) is 0. The minimum absolute atomic E-state index is 0.0594. The molecule has 16 aromatic carbocycles. The third-order valence-electron chi connectivity index (χ3n) is 22.6. The Balaban J connectivity index is 0.633. The molecule has 135 heavy (non-hydrogen) atoms. The number of benzene rings is 16. The van der Waals surface area contributed by atoms with E-state index in [4.69, 9.17) is 70.7 Å². The predicted octanol–water partition coefficient (Wildman–Crippen LogP) is 26.6. The number of hydrogen-bond donors (Lipinski definition) is 1. The molecule has 0 amide bonds. The average Bonchev–Trinajstić information content (AvgIpc) is 1.74. The highest BCUT2D eigenvalue weighted by molar-refractivity contribution is 6.69. The van der Waals surface area contributed by atoms with E-state index >= 15 is 0 Å². The minimum Gasteiger partial charge on any atom is -0.489 e. The van der Waals surface area contributed by atoms with Crippen LogP contribution in [0, 0.1) is 0 Å². The van der Waals surface area contributed by atoms with Gasteiger partial charge < -0.3 is 76.1 Å². The van der Waals surface area contributed by atoms with Crippen LogP contribution >= 0.6 is 0 Å². The van der Waals surface area contributed by atoms with E-state index in [0.717, 1.165) is 108 Å². The van der Waals surface area contributed by atoms with Crippen molar-refractivity contribution in [2.45, 2.75) is 137 Å². The van der Waals surface area contributed by atoms with E-state index in [9.17, 15) is 0 Å². The van der Waals surface area contributed by atoms with E-state index in [1.54, 1.807) is 0 Å². The number of hydrogen-bond acceptors (Lipinski definition) is 16. The molecule has 1 atom stereocenters. The number of nitrogens with one attached hydrogen (secondary N) is 1. The van der Waals surface area contributed by atoms with E-state index in [1.807, 2.05) is 376 Å². The van der Waals surface area contributed by atoms with E-state index in [2.05, 4.69) is 49.2 Å². The molecule has 0 bridgehead atoms. The van der Waals surface area contributed by atoms with Gasteiger partial charge in [-0.1, -0.05) is 267 Å². The molecule has 0 radical (unpaired) electrons. The summed E-state index contributed by atoms with van der Waals surface area (Å²) in [5.41, 5.74) is 14.5. The lowest BCUT2D eigenvalue weighted by Gasteiger charge is -2.44. The maximum Gasteiger partial charge on any atom is 0.185 e. The Labute approximate surface area is 792 Å². The summed E-state index contributed by atoms with van der Waals surface area (Å²) in [5.74, 6) is 8.86. The normalized spacial score (nSPS) is 12.4.